The summed E-state index contributed by atoms with van der Waals surface area (Å²) in [6.07, 6.45) is 5.35. The Bertz CT molecular complexity index is 808. The molecule has 8 heteroatoms. The third kappa shape index (κ3) is 2.10. The number of nitrogens with zero attached hydrogens (tertiary/aromatic N) is 6. The summed E-state index contributed by atoms with van der Waals surface area (Å²) in [4.78, 5) is 19.7. The van der Waals surface area contributed by atoms with Gasteiger partial charge >= 0.3 is 0 Å². The predicted octanol–water partition coefficient (Wildman–Crippen LogP) is 1.88. The van der Waals surface area contributed by atoms with Gasteiger partial charge in [0.05, 0.1) is 18.1 Å². The summed E-state index contributed by atoms with van der Waals surface area (Å²) in [7, 11) is 0. The molecule has 1 aliphatic heterocycles. The smallest absolute Gasteiger partial charge is 0.185 e. The molecule has 3 aromatic rings. The molecule has 0 saturated carbocycles. The molecule has 0 radical (unpaired) electrons. The Labute approximate surface area is 131 Å². The number of hydrogen-bond acceptors (Lipinski definition) is 7. The summed E-state index contributed by atoms with van der Waals surface area (Å²) in [6.45, 7) is 4.06. The number of imidazole rings is 1. The summed E-state index contributed by atoms with van der Waals surface area (Å²) in [6, 6.07) is 0.341. The molecule has 1 unspecified atom stereocenters. The Kier molecular flexibility index (Phi) is 3.18. The predicted molar refractivity (Wildman–Crippen MR) is 87.1 cm³/mol. The van der Waals surface area contributed by atoms with Gasteiger partial charge in [0.25, 0.3) is 0 Å². The van der Waals surface area contributed by atoms with Gasteiger partial charge in [-0.05, 0) is 12.8 Å². The lowest BCUT2D eigenvalue weighted by molar-refractivity contribution is 0.563. The van der Waals surface area contributed by atoms with Crippen molar-refractivity contribution in [3.8, 4) is 0 Å². The van der Waals surface area contributed by atoms with Crippen LogP contribution < -0.4 is 10.6 Å². The van der Waals surface area contributed by atoms with E-state index in [4.69, 9.17) is 5.73 Å². The van der Waals surface area contributed by atoms with E-state index in [1.807, 2.05) is 6.33 Å². The molecule has 1 fully saturated rings. The third-order valence-corrected chi connectivity index (χ3v) is 5.07. The molecule has 4 heterocycles. The van der Waals surface area contributed by atoms with Crippen LogP contribution in [0.4, 0.5) is 10.9 Å². The summed E-state index contributed by atoms with van der Waals surface area (Å²) < 4.78 is 2.11. The lowest BCUT2D eigenvalue weighted by atomic mass is 10.2. The van der Waals surface area contributed by atoms with E-state index in [9.17, 15) is 0 Å². The van der Waals surface area contributed by atoms with Crippen molar-refractivity contribution in [2.24, 2.45) is 0 Å². The Morgan fingerprint density at radius 1 is 1.36 bits per heavy atom. The van der Waals surface area contributed by atoms with Crippen LogP contribution in [0.3, 0.4) is 0 Å². The van der Waals surface area contributed by atoms with Crippen LogP contribution in [0.25, 0.3) is 11.2 Å². The molecule has 22 heavy (non-hydrogen) atoms. The first-order chi connectivity index (χ1) is 10.8. The molecule has 1 saturated heterocycles. The minimum atomic E-state index is 0.341. The Hall–Kier alpha value is -2.22. The van der Waals surface area contributed by atoms with E-state index < -0.39 is 0 Å². The first-order valence-electron chi connectivity index (χ1n) is 7.38. The third-order valence-electron chi connectivity index (χ3n) is 4.12. The lowest BCUT2D eigenvalue weighted by Gasteiger charge is -2.15. The van der Waals surface area contributed by atoms with Gasteiger partial charge in [-0.3, -0.25) is 0 Å². The first kappa shape index (κ1) is 13.4. The molecule has 2 N–H and O–H groups in total. The topological polar surface area (TPSA) is 85.8 Å². The maximum absolute atomic E-state index is 5.86. The number of nitrogens with two attached hydrogens (primary N) is 1. The molecule has 7 nitrogen and oxygen atoms in total. The summed E-state index contributed by atoms with van der Waals surface area (Å²) in [5, 5.41) is 3.25. The highest BCUT2D eigenvalue weighted by atomic mass is 32.1. The Morgan fingerprint density at radius 2 is 2.27 bits per heavy atom. The van der Waals surface area contributed by atoms with Crippen molar-refractivity contribution in [1.29, 1.82) is 0 Å². The van der Waals surface area contributed by atoms with Crippen molar-refractivity contribution in [3.05, 3.63) is 23.7 Å². The zero-order valence-corrected chi connectivity index (χ0v) is 13.1. The molecular weight excluding hydrogens is 298 g/mol. The average Bonchev–Trinajstić information content (AvgIpc) is 3.25. The van der Waals surface area contributed by atoms with Gasteiger partial charge in [-0.25, -0.2) is 19.9 Å². The van der Waals surface area contributed by atoms with Crippen LogP contribution in [0.5, 0.6) is 0 Å². The summed E-state index contributed by atoms with van der Waals surface area (Å²) in [5.74, 6) is 0.436. The fraction of sp³-hybridized carbons (Fsp3) is 0.429. The van der Waals surface area contributed by atoms with Crippen LogP contribution in [-0.2, 0) is 6.42 Å². The van der Waals surface area contributed by atoms with E-state index >= 15 is 0 Å². The number of aromatic nitrogens is 5. The molecule has 0 aromatic carbocycles. The van der Waals surface area contributed by atoms with Gasteiger partial charge in [0.1, 0.15) is 11.8 Å². The van der Waals surface area contributed by atoms with E-state index in [-0.39, 0.29) is 0 Å². The maximum Gasteiger partial charge on any atom is 0.185 e. The summed E-state index contributed by atoms with van der Waals surface area (Å²) in [5.41, 5.74) is 8.52. The van der Waals surface area contributed by atoms with Gasteiger partial charge < -0.3 is 15.2 Å². The van der Waals surface area contributed by atoms with Gasteiger partial charge in [-0.1, -0.05) is 6.92 Å². The minimum Gasteiger partial charge on any atom is -0.382 e. The monoisotopic (exact) mass is 315 g/mol. The number of rotatable bonds is 3. The maximum atomic E-state index is 5.86. The van der Waals surface area contributed by atoms with Crippen LogP contribution >= 0.6 is 11.3 Å². The van der Waals surface area contributed by atoms with E-state index in [0.717, 1.165) is 42.4 Å². The quantitative estimate of drug-likeness (QED) is 0.794. The van der Waals surface area contributed by atoms with E-state index in [0.29, 0.717) is 17.4 Å². The molecular formula is C14H17N7S. The largest absolute Gasteiger partial charge is 0.382 e. The van der Waals surface area contributed by atoms with Crippen LogP contribution in [-0.4, -0.2) is 37.6 Å². The fourth-order valence-electron chi connectivity index (χ4n) is 2.88. The molecule has 4 rings (SSSR count). The number of nitrogen functional groups attached to an aromatic ring is 1. The van der Waals surface area contributed by atoms with E-state index in [1.165, 1.54) is 6.33 Å². The number of anilines is 2. The molecule has 3 aromatic heterocycles. The van der Waals surface area contributed by atoms with Crippen LogP contribution in [0.2, 0.25) is 0 Å². The number of hydrogen-bond donors (Lipinski definition) is 1. The van der Waals surface area contributed by atoms with Gasteiger partial charge in [-0.2, -0.15) is 0 Å². The molecule has 1 aliphatic rings. The number of aryl methyl sites for hydroxylation is 1. The van der Waals surface area contributed by atoms with Gasteiger partial charge in [0, 0.05) is 18.5 Å². The molecule has 0 bridgehead atoms. The van der Waals surface area contributed by atoms with Crippen LogP contribution in [0.15, 0.2) is 18.0 Å². The number of fused-ring (bicyclic) bond motifs is 1. The van der Waals surface area contributed by atoms with Crippen molar-refractivity contribution in [2.45, 2.75) is 25.8 Å². The van der Waals surface area contributed by atoms with E-state index in [2.05, 4.69) is 41.7 Å². The van der Waals surface area contributed by atoms with Gasteiger partial charge in [-0.15, -0.1) is 11.3 Å². The minimum absolute atomic E-state index is 0.341. The Balaban J connectivity index is 1.60. The normalized spacial score (nSPS) is 18.4. The lowest BCUT2D eigenvalue weighted by Crippen LogP contribution is -2.20. The molecule has 1 atom stereocenters. The second kappa shape index (κ2) is 5.20. The summed E-state index contributed by atoms with van der Waals surface area (Å²) >= 11 is 1.72. The fourth-order valence-corrected chi connectivity index (χ4v) is 3.83. The molecule has 0 aliphatic carbocycles. The van der Waals surface area contributed by atoms with Crippen LogP contribution in [0.1, 0.15) is 25.1 Å². The average molecular weight is 315 g/mol. The van der Waals surface area contributed by atoms with Crippen molar-refractivity contribution in [1.82, 2.24) is 24.5 Å². The highest BCUT2D eigenvalue weighted by Gasteiger charge is 2.27. The first-order valence-corrected chi connectivity index (χ1v) is 8.26. The molecule has 114 valence electrons. The zero-order chi connectivity index (χ0) is 15.1. The second-order valence-electron chi connectivity index (χ2n) is 5.45. The van der Waals surface area contributed by atoms with Crippen molar-refractivity contribution in [3.63, 3.8) is 0 Å². The standard InChI is InChI=1S/C14H17N7S/c1-2-9-6-22-14(19-9)20-4-3-10(5-20)21-8-18-11-12(15)16-7-17-13(11)21/h6-8,10H,2-5H2,1H3,(H2,15,16,17). The van der Waals surface area contributed by atoms with E-state index in [1.54, 1.807) is 11.3 Å². The van der Waals surface area contributed by atoms with Crippen molar-refractivity contribution < 1.29 is 0 Å². The van der Waals surface area contributed by atoms with Gasteiger partial charge in [0.2, 0.25) is 0 Å². The number of thiazole rings is 1. The highest BCUT2D eigenvalue weighted by molar-refractivity contribution is 7.13. The zero-order valence-electron chi connectivity index (χ0n) is 12.3. The second-order valence-corrected chi connectivity index (χ2v) is 6.28. The SMILES string of the molecule is CCc1csc(N2CCC(n3cnc4c(N)ncnc43)C2)n1. The van der Waals surface area contributed by atoms with Crippen molar-refractivity contribution >= 4 is 33.5 Å². The Morgan fingerprint density at radius 3 is 3.09 bits per heavy atom. The highest BCUT2D eigenvalue weighted by Crippen LogP contribution is 2.31. The molecule has 0 amide bonds. The van der Waals surface area contributed by atoms with Crippen molar-refractivity contribution in [2.75, 3.05) is 23.7 Å². The van der Waals surface area contributed by atoms with Gasteiger partial charge in [0.15, 0.2) is 16.6 Å². The van der Waals surface area contributed by atoms with Crippen LogP contribution in [0, 0.1) is 0 Å². The molecule has 0 spiro atoms.